The van der Waals surface area contributed by atoms with Gasteiger partial charge in [0.2, 0.25) is 0 Å². The smallest absolute Gasteiger partial charge is 0.331 e. The molecule has 1 aliphatic carbocycles. The van der Waals surface area contributed by atoms with Crippen LogP contribution in [0.2, 0.25) is 0 Å². The third kappa shape index (κ3) is 7.11. The number of amides is 1. The van der Waals surface area contributed by atoms with Gasteiger partial charge in [0.15, 0.2) is 18.1 Å². The number of carbonyl (C=O) groups is 2. The SMILES string of the molecule is COc1cc(/C=C/C(=O)OCC(=O)N[C@@H]2CCC[C@@H](C)[C@H]2C)ccc1OC(C)C. The van der Waals surface area contributed by atoms with Crippen molar-refractivity contribution in [2.24, 2.45) is 11.8 Å². The maximum Gasteiger partial charge on any atom is 0.331 e. The molecule has 1 fully saturated rings. The van der Waals surface area contributed by atoms with Crippen LogP contribution in [0.3, 0.4) is 0 Å². The van der Waals surface area contributed by atoms with Gasteiger partial charge in [-0.1, -0.05) is 32.8 Å². The quantitative estimate of drug-likeness (QED) is 0.525. The van der Waals surface area contributed by atoms with Gasteiger partial charge in [-0.3, -0.25) is 4.79 Å². The van der Waals surface area contributed by atoms with E-state index in [9.17, 15) is 9.59 Å². The second-order valence-electron chi connectivity index (χ2n) is 7.96. The lowest BCUT2D eigenvalue weighted by molar-refractivity contribution is -0.144. The number of rotatable bonds is 8. The summed E-state index contributed by atoms with van der Waals surface area (Å²) in [4.78, 5) is 24.1. The summed E-state index contributed by atoms with van der Waals surface area (Å²) in [5.41, 5.74) is 0.768. The van der Waals surface area contributed by atoms with Gasteiger partial charge >= 0.3 is 5.97 Å². The largest absolute Gasteiger partial charge is 0.493 e. The summed E-state index contributed by atoms with van der Waals surface area (Å²) in [5, 5.41) is 2.99. The molecule has 0 unspecified atom stereocenters. The molecule has 6 heteroatoms. The first kappa shape index (κ1) is 22.8. The van der Waals surface area contributed by atoms with Gasteiger partial charge in [0, 0.05) is 12.1 Å². The van der Waals surface area contributed by atoms with Gasteiger partial charge in [0.1, 0.15) is 0 Å². The molecule has 0 radical (unpaired) electrons. The van der Waals surface area contributed by atoms with Crippen LogP contribution in [0.1, 0.15) is 52.5 Å². The first-order valence-corrected chi connectivity index (χ1v) is 10.3. The van der Waals surface area contributed by atoms with Crippen molar-refractivity contribution in [3.8, 4) is 11.5 Å². The molecule has 1 saturated carbocycles. The van der Waals surface area contributed by atoms with Crippen LogP contribution < -0.4 is 14.8 Å². The number of carbonyl (C=O) groups excluding carboxylic acids is 2. The molecule has 1 N–H and O–H groups in total. The number of ether oxygens (including phenoxy) is 3. The van der Waals surface area contributed by atoms with Crippen molar-refractivity contribution in [2.75, 3.05) is 13.7 Å². The van der Waals surface area contributed by atoms with Crippen molar-refractivity contribution >= 4 is 18.0 Å². The lowest BCUT2D eigenvalue weighted by atomic mass is 9.78. The summed E-state index contributed by atoms with van der Waals surface area (Å²) in [7, 11) is 1.57. The van der Waals surface area contributed by atoms with Gasteiger partial charge in [-0.15, -0.1) is 0 Å². The second kappa shape index (κ2) is 10.9. The van der Waals surface area contributed by atoms with E-state index in [1.807, 2.05) is 19.9 Å². The van der Waals surface area contributed by atoms with Crippen LogP contribution in [-0.4, -0.2) is 37.7 Å². The first-order chi connectivity index (χ1) is 13.8. The molecule has 0 heterocycles. The van der Waals surface area contributed by atoms with Crippen molar-refractivity contribution < 1.29 is 23.8 Å². The molecule has 0 aromatic heterocycles. The maximum absolute atomic E-state index is 12.1. The van der Waals surface area contributed by atoms with E-state index in [1.54, 1.807) is 25.3 Å². The molecule has 1 aromatic rings. The van der Waals surface area contributed by atoms with E-state index in [0.29, 0.717) is 23.3 Å². The number of hydrogen-bond donors (Lipinski definition) is 1. The van der Waals surface area contributed by atoms with Gasteiger partial charge in [-0.2, -0.15) is 0 Å². The van der Waals surface area contributed by atoms with E-state index in [0.717, 1.165) is 18.4 Å². The van der Waals surface area contributed by atoms with Gasteiger partial charge in [-0.05, 0) is 55.9 Å². The molecule has 160 valence electrons. The topological polar surface area (TPSA) is 73.9 Å². The number of nitrogens with one attached hydrogen (secondary N) is 1. The van der Waals surface area contributed by atoms with E-state index < -0.39 is 5.97 Å². The molecular formula is C23H33NO5. The third-order valence-corrected chi connectivity index (χ3v) is 5.36. The van der Waals surface area contributed by atoms with E-state index in [2.05, 4.69) is 19.2 Å². The normalized spacial score (nSPS) is 21.8. The van der Waals surface area contributed by atoms with Crippen molar-refractivity contribution in [2.45, 2.75) is 59.1 Å². The summed E-state index contributed by atoms with van der Waals surface area (Å²) in [5.74, 6) is 1.44. The van der Waals surface area contributed by atoms with E-state index >= 15 is 0 Å². The maximum atomic E-state index is 12.1. The van der Waals surface area contributed by atoms with Crippen molar-refractivity contribution in [1.29, 1.82) is 0 Å². The predicted octanol–water partition coefficient (Wildman–Crippen LogP) is 3.98. The Kier molecular flexibility index (Phi) is 8.55. The first-order valence-electron chi connectivity index (χ1n) is 10.3. The molecule has 0 aliphatic heterocycles. The molecule has 1 aromatic carbocycles. The number of esters is 1. The zero-order valence-corrected chi connectivity index (χ0v) is 18.1. The molecule has 29 heavy (non-hydrogen) atoms. The van der Waals surface area contributed by atoms with Gasteiger partial charge in [-0.25, -0.2) is 4.79 Å². The highest BCUT2D eigenvalue weighted by Crippen LogP contribution is 2.30. The minimum absolute atomic E-state index is 0.0335. The summed E-state index contributed by atoms with van der Waals surface area (Å²) in [6, 6.07) is 5.55. The van der Waals surface area contributed by atoms with E-state index in [1.165, 1.54) is 12.5 Å². The van der Waals surface area contributed by atoms with Gasteiger partial charge in [0.25, 0.3) is 5.91 Å². The highest BCUT2D eigenvalue weighted by Gasteiger charge is 2.28. The second-order valence-corrected chi connectivity index (χ2v) is 7.96. The molecule has 0 bridgehead atoms. The van der Waals surface area contributed by atoms with E-state index in [-0.39, 0.29) is 24.7 Å². The zero-order chi connectivity index (χ0) is 21.4. The number of hydrogen-bond acceptors (Lipinski definition) is 5. The van der Waals surface area contributed by atoms with Gasteiger partial charge < -0.3 is 19.5 Å². The average Bonchev–Trinajstić information content (AvgIpc) is 2.68. The molecule has 6 nitrogen and oxygen atoms in total. The van der Waals surface area contributed by atoms with Crippen LogP contribution in [0.5, 0.6) is 11.5 Å². The lowest BCUT2D eigenvalue weighted by Gasteiger charge is -2.34. The van der Waals surface area contributed by atoms with Crippen LogP contribution in [0.15, 0.2) is 24.3 Å². The predicted molar refractivity (Wildman–Crippen MR) is 113 cm³/mol. The summed E-state index contributed by atoms with van der Waals surface area (Å²) in [6.45, 7) is 7.98. The third-order valence-electron chi connectivity index (χ3n) is 5.36. The number of methoxy groups -OCH3 is 1. The van der Waals surface area contributed by atoms with Crippen LogP contribution in [0, 0.1) is 11.8 Å². The van der Waals surface area contributed by atoms with Gasteiger partial charge in [0.05, 0.1) is 13.2 Å². The van der Waals surface area contributed by atoms with Crippen LogP contribution in [0.4, 0.5) is 0 Å². The summed E-state index contributed by atoms with van der Waals surface area (Å²) < 4.78 is 16.1. The fourth-order valence-corrected chi connectivity index (χ4v) is 3.52. The molecule has 1 aliphatic rings. The van der Waals surface area contributed by atoms with Crippen molar-refractivity contribution in [3.63, 3.8) is 0 Å². The Labute approximate surface area is 173 Å². The fraction of sp³-hybridized carbons (Fsp3) is 0.565. The van der Waals surface area contributed by atoms with E-state index in [4.69, 9.17) is 14.2 Å². The molecular weight excluding hydrogens is 370 g/mol. The number of benzene rings is 1. The van der Waals surface area contributed by atoms with Crippen LogP contribution >= 0.6 is 0 Å². The van der Waals surface area contributed by atoms with Crippen LogP contribution in [0.25, 0.3) is 6.08 Å². The molecule has 2 rings (SSSR count). The van der Waals surface area contributed by atoms with Crippen molar-refractivity contribution in [3.05, 3.63) is 29.8 Å². The fourth-order valence-electron chi connectivity index (χ4n) is 3.52. The zero-order valence-electron chi connectivity index (χ0n) is 18.1. The Morgan fingerprint density at radius 1 is 1.21 bits per heavy atom. The van der Waals surface area contributed by atoms with Crippen molar-refractivity contribution in [1.82, 2.24) is 5.32 Å². The average molecular weight is 404 g/mol. The highest BCUT2D eigenvalue weighted by molar-refractivity contribution is 5.89. The lowest BCUT2D eigenvalue weighted by Crippen LogP contribution is -2.45. The highest BCUT2D eigenvalue weighted by atomic mass is 16.5. The Hall–Kier alpha value is -2.50. The standard InChI is InChI=1S/C23H33NO5/c1-15(2)29-20-11-9-18(13-21(20)27-5)10-12-23(26)28-14-22(25)24-19-8-6-7-16(3)17(19)4/h9-13,15-17,19H,6-8,14H2,1-5H3,(H,24,25)/b12-10+/t16-,17-,19-/m1/s1. The van der Waals surface area contributed by atoms with Crippen LogP contribution in [-0.2, 0) is 14.3 Å². The monoisotopic (exact) mass is 403 g/mol. The summed E-state index contributed by atoms with van der Waals surface area (Å²) in [6.07, 6.45) is 6.24. The Bertz CT molecular complexity index is 728. The molecule has 0 saturated heterocycles. The molecule has 0 spiro atoms. The molecule has 1 amide bonds. The minimum Gasteiger partial charge on any atom is -0.493 e. The minimum atomic E-state index is -0.563. The summed E-state index contributed by atoms with van der Waals surface area (Å²) >= 11 is 0. The Morgan fingerprint density at radius 3 is 2.66 bits per heavy atom. The Morgan fingerprint density at radius 2 is 1.97 bits per heavy atom. The Balaban J connectivity index is 1.84. The molecule has 3 atom stereocenters.